The first-order valence-electron chi connectivity index (χ1n) is 9.40. The van der Waals surface area contributed by atoms with E-state index in [0.29, 0.717) is 27.4 Å². The van der Waals surface area contributed by atoms with Gasteiger partial charge in [-0.15, -0.1) is 0 Å². The van der Waals surface area contributed by atoms with Gasteiger partial charge in [0.1, 0.15) is 5.75 Å². The van der Waals surface area contributed by atoms with Crippen molar-refractivity contribution < 1.29 is 9.53 Å². The number of nitrogens with zero attached hydrogens (tertiary/aromatic N) is 2. The number of hydrogen-bond acceptors (Lipinski definition) is 4. The van der Waals surface area contributed by atoms with Gasteiger partial charge in [0, 0.05) is 23.0 Å². The van der Waals surface area contributed by atoms with Crippen molar-refractivity contribution in [1.82, 2.24) is 9.78 Å². The molecule has 0 aliphatic rings. The summed E-state index contributed by atoms with van der Waals surface area (Å²) in [6, 6.07) is 17.8. The summed E-state index contributed by atoms with van der Waals surface area (Å²) in [5, 5.41) is 6.43. The van der Waals surface area contributed by atoms with Gasteiger partial charge in [-0.25, -0.2) is 9.48 Å². The maximum Gasteiger partial charge on any atom is 0.343 e. The summed E-state index contributed by atoms with van der Waals surface area (Å²) in [4.78, 5) is 24.9. The molecule has 4 aromatic rings. The molecule has 0 atom stereocenters. The van der Waals surface area contributed by atoms with E-state index in [1.807, 2.05) is 44.2 Å². The molecular formula is C24H19ClN2O3. The lowest BCUT2D eigenvalue weighted by atomic mass is 10.00. The van der Waals surface area contributed by atoms with Crippen molar-refractivity contribution >= 4 is 28.3 Å². The van der Waals surface area contributed by atoms with E-state index in [1.54, 1.807) is 37.4 Å². The average molecular weight is 419 g/mol. The predicted octanol–water partition coefficient (Wildman–Crippen LogP) is 5.09. The first-order valence-corrected chi connectivity index (χ1v) is 9.78. The Kier molecular flexibility index (Phi) is 5.14. The summed E-state index contributed by atoms with van der Waals surface area (Å²) in [6.07, 6.45) is 0. The maximum absolute atomic E-state index is 12.5. The Balaban J connectivity index is 1.76. The number of halogens is 1. The topological polar surface area (TPSA) is 61.2 Å². The predicted molar refractivity (Wildman–Crippen MR) is 118 cm³/mol. The second-order valence-corrected chi connectivity index (χ2v) is 7.59. The Morgan fingerprint density at radius 2 is 1.57 bits per heavy atom. The summed E-state index contributed by atoms with van der Waals surface area (Å²) in [5.74, 6) is 0.0594. The van der Waals surface area contributed by atoms with Gasteiger partial charge in [0.05, 0.1) is 16.6 Å². The van der Waals surface area contributed by atoms with Gasteiger partial charge in [-0.05, 0) is 67.4 Å². The first kappa shape index (κ1) is 19.9. The highest BCUT2D eigenvalue weighted by Gasteiger charge is 2.16. The third-order valence-corrected chi connectivity index (χ3v) is 5.22. The van der Waals surface area contributed by atoms with Crippen molar-refractivity contribution in [3.63, 3.8) is 0 Å². The van der Waals surface area contributed by atoms with Gasteiger partial charge in [0.25, 0.3) is 5.56 Å². The zero-order valence-electron chi connectivity index (χ0n) is 16.8. The van der Waals surface area contributed by atoms with E-state index in [-0.39, 0.29) is 5.56 Å². The second-order valence-electron chi connectivity index (χ2n) is 7.16. The molecule has 1 heterocycles. The summed E-state index contributed by atoms with van der Waals surface area (Å²) < 4.78 is 7.01. The molecule has 3 aromatic carbocycles. The molecule has 0 spiro atoms. The van der Waals surface area contributed by atoms with Crippen LogP contribution in [0.3, 0.4) is 0 Å². The van der Waals surface area contributed by atoms with Crippen LogP contribution >= 0.6 is 11.6 Å². The highest BCUT2D eigenvalue weighted by molar-refractivity contribution is 6.30. The van der Waals surface area contributed by atoms with E-state index in [9.17, 15) is 9.59 Å². The fourth-order valence-corrected chi connectivity index (χ4v) is 3.62. The number of rotatable bonds is 3. The Morgan fingerprint density at radius 1 is 0.967 bits per heavy atom. The fourth-order valence-electron chi connectivity index (χ4n) is 3.50. The van der Waals surface area contributed by atoms with Crippen molar-refractivity contribution in [1.29, 1.82) is 0 Å². The van der Waals surface area contributed by atoms with E-state index in [1.165, 1.54) is 4.68 Å². The lowest BCUT2D eigenvalue weighted by Gasteiger charge is -2.14. The van der Waals surface area contributed by atoms with Gasteiger partial charge >= 0.3 is 5.97 Å². The molecule has 0 saturated heterocycles. The van der Waals surface area contributed by atoms with Crippen molar-refractivity contribution in [2.24, 2.45) is 7.05 Å². The highest BCUT2D eigenvalue weighted by atomic mass is 35.5. The number of fused-ring (bicyclic) bond motifs is 1. The van der Waals surface area contributed by atoms with Crippen LogP contribution in [0, 0.1) is 13.8 Å². The second kappa shape index (κ2) is 7.76. The lowest BCUT2D eigenvalue weighted by molar-refractivity contribution is 0.0732. The number of hydrogen-bond donors (Lipinski definition) is 0. The van der Waals surface area contributed by atoms with Crippen molar-refractivity contribution in [2.75, 3.05) is 0 Å². The Bertz CT molecular complexity index is 1320. The average Bonchev–Trinajstić information content (AvgIpc) is 2.73. The summed E-state index contributed by atoms with van der Waals surface area (Å²) in [7, 11) is 1.64. The highest BCUT2D eigenvalue weighted by Crippen LogP contribution is 2.32. The molecule has 0 aliphatic carbocycles. The number of carbonyl (C=O) groups excluding carboxylic acids is 1. The van der Waals surface area contributed by atoms with E-state index < -0.39 is 5.97 Å². The van der Waals surface area contributed by atoms with Gasteiger partial charge in [-0.3, -0.25) is 4.79 Å². The monoisotopic (exact) mass is 418 g/mol. The third kappa shape index (κ3) is 3.60. The van der Waals surface area contributed by atoms with Crippen LogP contribution in [0.2, 0.25) is 5.02 Å². The molecule has 5 nitrogen and oxygen atoms in total. The first-order chi connectivity index (χ1) is 14.3. The number of aryl methyl sites for hydroxylation is 3. The summed E-state index contributed by atoms with van der Waals surface area (Å²) in [5.41, 5.74) is 3.43. The van der Waals surface area contributed by atoms with Gasteiger partial charge in [0.15, 0.2) is 0 Å². The van der Waals surface area contributed by atoms with E-state index in [4.69, 9.17) is 16.3 Å². The van der Waals surface area contributed by atoms with Crippen molar-refractivity contribution in [3.05, 3.63) is 92.7 Å². The minimum absolute atomic E-state index is 0.142. The molecule has 6 heteroatoms. The Hall–Kier alpha value is -3.44. The minimum atomic E-state index is -0.448. The number of esters is 1. The van der Waals surface area contributed by atoms with Gasteiger partial charge in [-0.2, -0.15) is 5.10 Å². The SMILES string of the molecule is Cc1cc(-c2nn(C)c(=O)c3ccccc23)cc(C)c1OC(=O)c1ccc(Cl)cc1. The van der Waals surface area contributed by atoms with Crippen molar-refractivity contribution in [3.8, 4) is 17.0 Å². The minimum Gasteiger partial charge on any atom is -0.422 e. The van der Waals surface area contributed by atoms with E-state index >= 15 is 0 Å². The number of ether oxygens (including phenoxy) is 1. The van der Waals surface area contributed by atoms with E-state index in [2.05, 4.69) is 5.10 Å². The molecule has 1 aromatic heterocycles. The quantitative estimate of drug-likeness (QED) is 0.343. The van der Waals surface area contributed by atoms with Crippen molar-refractivity contribution in [2.45, 2.75) is 13.8 Å². The largest absolute Gasteiger partial charge is 0.422 e. The van der Waals surface area contributed by atoms with Crippen LogP contribution < -0.4 is 10.3 Å². The molecule has 4 rings (SSSR count). The summed E-state index contributed by atoms with van der Waals surface area (Å²) in [6.45, 7) is 3.76. The van der Waals surface area contributed by atoms with Crippen LogP contribution in [-0.4, -0.2) is 15.7 Å². The standard InChI is InChI=1S/C24H19ClN2O3/c1-14-12-17(21-19-6-4-5-7-20(19)23(28)27(3)26-21)13-15(2)22(14)30-24(29)16-8-10-18(25)11-9-16/h4-13H,1-3H3. The molecule has 0 fully saturated rings. The Labute approximate surface area is 178 Å². The molecule has 0 unspecified atom stereocenters. The normalized spacial score (nSPS) is 10.9. The van der Waals surface area contributed by atoms with Crippen LogP contribution in [0.5, 0.6) is 5.75 Å². The van der Waals surface area contributed by atoms with Crippen LogP contribution in [0.1, 0.15) is 21.5 Å². The molecule has 0 radical (unpaired) electrons. The molecule has 150 valence electrons. The number of carbonyl (C=O) groups is 1. The molecule has 0 amide bonds. The lowest BCUT2D eigenvalue weighted by Crippen LogP contribution is -2.20. The summed E-state index contributed by atoms with van der Waals surface area (Å²) >= 11 is 5.89. The third-order valence-electron chi connectivity index (χ3n) is 4.96. The molecular weight excluding hydrogens is 400 g/mol. The molecule has 0 N–H and O–H groups in total. The number of aromatic nitrogens is 2. The Morgan fingerprint density at radius 3 is 2.20 bits per heavy atom. The van der Waals surface area contributed by atoms with Crippen LogP contribution in [0.25, 0.3) is 22.0 Å². The smallest absolute Gasteiger partial charge is 0.343 e. The van der Waals surface area contributed by atoms with Crippen LogP contribution in [0.4, 0.5) is 0 Å². The fraction of sp³-hybridized carbons (Fsp3) is 0.125. The van der Waals surface area contributed by atoms with Gasteiger partial charge in [-0.1, -0.05) is 29.8 Å². The molecule has 0 bridgehead atoms. The van der Waals surface area contributed by atoms with Gasteiger partial charge in [0.2, 0.25) is 0 Å². The van der Waals surface area contributed by atoms with Gasteiger partial charge < -0.3 is 4.74 Å². The number of benzene rings is 3. The maximum atomic E-state index is 12.5. The molecule has 30 heavy (non-hydrogen) atoms. The van der Waals surface area contributed by atoms with Crippen LogP contribution in [-0.2, 0) is 7.05 Å². The molecule has 0 aliphatic heterocycles. The van der Waals surface area contributed by atoms with E-state index in [0.717, 1.165) is 22.1 Å². The zero-order chi connectivity index (χ0) is 21.4. The zero-order valence-corrected chi connectivity index (χ0v) is 17.5. The molecule has 0 saturated carbocycles. The van der Waals surface area contributed by atoms with Crippen LogP contribution in [0.15, 0.2) is 65.5 Å².